The third kappa shape index (κ3) is 4.27. The Labute approximate surface area is 189 Å². The average Bonchev–Trinajstić information content (AvgIpc) is 3.32. The zero-order valence-electron chi connectivity index (χ0n) is 17.6. The molecule has 4 heterocycles. The van der Waals surface area contributed by atoms with Crippen LogP contribution in [-0.4, -0.2) is 37.2 Å². The molecule has 1 amide bonds. The van der Waals surface area contributed by atoms with Crippen LogP contribution in [0.1, 0.15) is 28.9 Å². The van der Waals surface area contributed by atoms with Gasteiger partial charge in [0.05, 0.1) is 12.2 Å². The molecule has 1 N–H and O–H groups in total. The first-order valence-corrected chi connectivity index (χ1v) is 10.5. The van der Waals surface area contributed by atoms with Crippen molar-refractivity contribution in [3.8, 4) is 34.5 Å². The first-order valence-electron chi connectivity index (χ1n) is 10.5. The molecule has 2 bridgehead atoms. The zero-order chi connectivity index (χ0) is 22.6. The molecular formula is C24H19N7O2. The Morgan fingerprint density at radius 2 is 2.00 bits per heavy atom. The molecule has 9 heteroatoms. The van der Waals surface area contributed by atoms with Gasteiger partial charge < -0.3 is 14.6 Å². The van der Waals surface area contributed by atoms with Gasteiger partial charge >= 0.3 is 0 Å². The normalized spacial score (nSPS) is 13.5. The van der Waals surface area contributed by atoms with Crippen LogP contribution < -0.4 is 10.1 Å². The summed E-state index contributed by atoms with van der Waals surface area (Å²) in [4.78, 5) is 21.9. The monoisotopic (exact) mass is 437 g/mol. The number of aromatic nitrogens is 5. The third-order valence-electron chi connectivity index (χ3n) is 5.32. The lowest BCUT2D eigenvalue weighted by Gasteiger charge is -2.15. The highest BCUT2D eigenvalue weighted by Gasteiger charge is 2.17. The number of nitrogens with one attached hydrogen (secondary N) is 1. The number of benzene rings is 1. The minimum atomic E-state index is -0.336. The van der Waals surface area contributed by atoms with E-state index in [9.17, 15) is 4.79 Å². The fourth-order valence-corrected chi connectivity index (χ4v) is 3.64. The SMILES string of the molecule is N#Cc1ccc(-c2ccc3c(c2)C(=O)Nc2cccc(n2)-c2nncn2CCCCO3)cn1. The molecule has 0 saturated heterocycles. The fraction of sp³-hybridized carbons (Fsp3) is 0.167. The summed E-state index contributed by atoms with van der Waals surface area (Å²) < 4.78 is 7.92. The number of aryl methyl sites for hydroxylation is 1. The Kier molecular flexibility index (Phi) is 5.47. The zero-order valence-corrected chi connectivity index (χ0v) is 17.6. The molecule has 1 aromatic carbocycles. The second-order valence-corrected chi connectivity index (χ2v) is 7.52. The number of carbonyl (C=O) groups is 1. The molecule has 0 saturated carbocycles. The Hall–Kier alpha value is -4.58. The number of nitriles is 1. The Balaban J connectivity index is 1.52. The van der Waals surface area contributed by atoms with Gasteiger partial charge in [-0.25, -0.2) is 9.97 Å². The van der Waals surface area contributed by atoms with E-state index in [1.54, 1.807) is 42.9 Å². The van der Waals surface area contributed by atoms with E-state index in [2.05, 4.69) is 25.5 Å². The molecule has 0 radical (unpaired) electrons. The summed E-state index contributed by atoms with van der Waals surface area (Å²) in [5.74, 6) is 1.22. The highest BCUT2D eigenvalue weighted by Crippen LogP contribution is 2.28. The standard InChI is InChI=1S/C24H19N7O2/c25-13-18-8-6-17(14-26-18)16-7-9-21-19(12-16)24(32)29-22-5-3-4-20(28-22)23-30-27-15-31(23)10-1-2-11-33-21/h3-9,12,14-15H,1-2,10-11H2,(H,28,29,32). The van der Waals surface area contributed by atoms with E-state index in [1.165, 1.54) is 0 Å². The molecule has 3 aromatic heterocycles. The number of ether oxygens (including phenoxy) is 1. The third-order valence-corrected chi connectivity index (χ3v) is 5.32. The molecule has 0 spiro atoms. The summed E-state index contributed by atoms with van der Waals surface area (Å²) in [6.45, 7) is 1.21. The summed E-state index contributed by atoms with van der Waals surface area (Å²) in [5, 5.41) is 20.1. The van der Waals surface area contributed by atoms with Crippen LogP contribution in [0.4, 0.5) is 5.82 Å². The predicted octanol–water partition coefficient (Wildman–Crippen LogP) is 3.70. The maximum atomic E-state index is 13.2. The van der Waals surface area contributed by atoms with Crippen molar-refractivity contribution in [1.82, 2.24) is 24.7 Å². The van der Waals surface area contributed by atoms with E-state index in [0.29, 0.717) is 40.9 Å². The summed E-state index contributed by atoms with van der Waals surface area (Å²) >= 11 is 0. The van der Waals surface area contributed by atoms with Gasteiger partial charge in [0.15, 0.2) is 5.82 Å². The minimum Gasteiger partial charge on any atom is -0.493 e. The van der Waals surface area contributed by atoms with Crippen molar-refractivity contribution in [3.63, 3.8) is 0 Å². The molecule has 0 atom stereocenters. The Morgan fingerprint density at radius 1 is 1.09 bits per heavy atom. The van der Waals surface area contributed by atoms with E-state index in [-0.39, 0.29) is 5.91 Å². The first kappa shape index (κ1) is 20.3. The van der Waals surface area contributed by atoms with E-state index < -0.39 is 0 Å². The molecule has 1 aliphatic heterocycles. The second kappa shape index (κ2) is 8.88. The van der Waals surface area contributed by atoms with E-state index in [1.807, 2.05) is 28.8 Å². The van der Waals surface area contributed by atoms with Crippen molar-refractivity contribution in [3.05, 3.63) is 72.3 Å². The summed E-state index contributed by atoms with van der Waals surface area (Å²) in [5.41, 5.74) is 2.95. The molecule has 0 fully saturated rings. The topological polar surface area (TPSA) is 119 Å². The second-order valence-electron chi connectivity index (χ2n) is 7.52. The molecule has 1 aliphatic rings. The molecule has 0 aliphatic carbocycles. The highest BCUT2D eigenvalue weighted by atomic mass is 16.5. The van der Waals surface area contributed by atoms with E-state index in [4.69, 9.17) is 10.00 Å². The number of anilines is 1. The molecule has 33 heavy (non-hydrogen) atoms. The summed E-state index contributed by atoms with van der Waals surface area (Å²) in [6.07, 6.45) is 4.96. The van der Waals surface area contributed by atoms with Gasteiger partial charge in [0.1, 0.15) is 35.4 Å². The number of carbonyl (C=O) groups excluding carboxylic acids is 1. The lowest BCUT2D eigenvalue weighted by Crippen LogP contribution is -2.16. The molecule has 9 nitrogen and oxygen atoms in total. The number of pyridine rings is 2. The van der Waals surface area contributed by atoms with Crippen LogP contribution in [0.15, 0.2) is 61.1 Å². The summed E-state index contributed by atoms with van der Waals surface area (Å²) in [6, 6.07) is 16.3. The van der Waals surface area contributed by atoms with Gasteiger partial charge in [0.2, 0.25) is 0 Å². The number of rotatable bonds is 1. The van der Waals surface area contributed by atoms with Gasteiger partial charge in [-0.1, -0.05) is 12.1 Å². The van der Waals surface area contributed by atoms with Gasteiger partial charge in [-0.3, -0.25) is 4.79 Å². The molecule has 162 valence electrons. The van der Waals surface area contributed by atoms with Gasteiger partial charge in [0, 0.05) is 18.3 Å². The maximum absolute atomic E-state index is 13.2. The van der Waals surface area contributed by atoms with Gasteiger partial charge in [-0.05, 0) is 54.8 Å². The van der Waals surface area contributed by atoms with E-state index in [0.717, 1.165) is 30.5 Å². The lowest BCUT2D eigenvalue weighted by molar-refractivity contribution is 0.102. The van der Waals surface area contributed by atoms with Crippen LogP contribution in [0.3, 0.4) is 0 Å². The van der Waals surface area contributed by atoms with Crippen molar-refractivity contribution < 1.29 is 9.53 Å². The first-order chi connectivity index (χ1) is 16.2. The summed E-state index contributed by atoms with van der Waals surface area (Å²) in [7, 11) is 0. The molecule has 4 aromatic rings. The van der Waals surface area contributed by atoms with Crippen molar-refractivity contribution in [2.75, 3.05) is 11.9 Å². The molecule has 0 unspecified atom stereocenters. The van der Waals surface area contributed by atoms with Crippen LogP contribution in [0.2, 0.25) is 0 Å². The van der Waals surface area contributed by atoms with Crippen molar-refractivity contribution in [2.45, 2.75) is 19.4 Å². The molecular weight excluding hydrogens is 418 g/mol. The fourth-order valence-electron chi connectivity index (χ4n) is 3.64. The number of fused-ring (bicyclic) bond motifs is 5. The van der Waals surface area contributed by atoms with Gasteiger partial charge in [-0.15, -0.1) is 10.2 Å². The Morgan fingerprint density at radius 3 is 2.85 bits per heavy atom. The predicted molar refractivity (Wildman–Crippen MR) is 120 cm³/mol. The van der Waals surface area contributed by atoms with Crippen LogP contribution in [0.5, 0.6) is 5.75 Å². The van der Waals surface area contributed by atoms with Crippen LogP contribution >= 0.6 is 0 Å². The van der Waals surface area contributed by atoms with Crippen molar-refractivity contribution in [1.29, 1.82) is 5.26 Å². The van der Waals surface area contributed by atoms with Crippen LogP contribution in [-0.2, 0) is 6.54 Å². The van der Waals surface area contributed by atoms with Crippen molar-refractivity contribution >= 4 is 11.7 Å². The number of hydrogen-bond donors (Lipinski definition) is 1. The smallest absolute Gasteiger partial charge is 0.260 e. The molecule has 5 rings (SSSR count). The average molecular weight is 437 g/mol. The maximum Gasteiger partial charge on any atom is 0.260 e. The minimum absolute atomic E-state index is 0.333. The van der Waals surface area contributed by atoms with Gasteiger partial charge in [0.25, 0.3) is 5.91 Å². The largest absolute Gasteiger partial charge is 0.493 e. The lowest BCUT2D eigenvalue weighted by atomic mass is 10.0. The van der Waals surface area contributed by atoms with Crippen LogP contribution in [0.25, 0.3) is 22.6 Å². The number of hydrogen-bond acceptors (Lipinski definition) is 7. The Bertz CT molecular complexity index is 1360. The quantitative estimate of drug-likeness (QED) is 0.482. The van der Waals surface area contributed by atoms with Gasteiger partial charge in [-0.2, -0.15) is 5.26 Å². The number of nitrogens with zero attached hydrogens (tertiary/aromatic N) is 6. The number of amides is 1. The van der Waals surface area contributed by atoms with Crippen molar-refractivity contribution in [2.24, 2.45) is 0 Å². The van der Waals surface area contributed by atoms with Crippen LogP contribution in [0, 0.1) is 11.3 Å². The highest BCUT2D eigenvalue weighted by molar-refractivity contribution is 6.06. The van der Waals surface area contributed by atoms with E-state index >= 15 is 0 Å².